The molecule has 104 valence electrons. The topological polar surface area (TPSA) is 40.5 Å². The van der Waals surface area contributed by atoms with Crippen molar-refractivity contribution >= 4 is 17.3 Å². The van der Waals surface area contributed by atoms with Crippen molar-refractivity contribution in [2.24, 2.45) is 0 Å². The Labute approximate surface area is 117 Å². The molecule has 2 rings (SSSR count). The Balaban J connectivity index is 2.48. The molecule has 0 heterocycles. The molecule has 0 unspecified atom stereocenters. The predicted molar refractivity (Wildman–Crippen MR) is 77.2 cm³/mol. The van der Waals surface area contributed by atoms with Gasteiger partial charge in [0.1, 0.15) is 5.82 Å². The van der Waals surface area contributed by atoms with Gasteiger partial charge < -0.3 is 10.0 Å². The standard InChI is InChI=1S/C16H16FNO2/c1-3-18(15-7-5-4-6-13(15)17)14-9-8-12(16(19)20)10-11(14)2/h4-10H,3H2,1-2H3,(H,19,20). The SMILES string of the molecule is CCN(c1ccc(C(=O)O)cc1C)c1ccccc1F. The Hall–Kier alpha value is -2.36. The Kier molecular flexibility index (Phi) is 4.03. The summed E-state index contributed by atoms with van der Waals surface area (Å²) in [6.45, 7) is 4.34. The van der Waals surface area contributed by atoms with Crippen LogP contribution >= 0.6 is 0 Å². The van der Waals surface area contributed by atoms with Crippen LogP contribution in [0.15, 0.2) is 42.5 Å². The fraction of sp³-hybridized carbons (Fsp3) is 0.188. The molecule has 0 radical (unpaired) electrons. The van der Waals surface area contributed by atoms with Crippen molar-refractivity contribution in [2.45, 2.75) is 13.8 Å². The first kappa shape index (κ1) is 14.1. The first-order valence-corrected chi connectivity index (χ1v) is 6.40. The summed E-state index contributed by atoms with van der Waals surface area (Å²) in [5, 5.41) is 8.98. The van der Waals surface area contributed by atoms with Gasteiger partial charge in [0.25, 0.3) is 0 Å². The van der Waals surface area contributed by atoms with Gasteiger partial charge in [0.15, 0.2) is 0 Å². The van der Waals surface area contributed by atoms with Crippen molar-refractivity contribution in [1.82, 2.24) is 0 Å². The number of para-hydroxylation sites is 1. The number of nitrogens with zero attached hydrogens (tertiary/aromatic N) is 1. The van der Waals surface area contributed by atoms with Gasteiger partial charge in [-0.25, -0.2) is 9.18 Å². The van der Waals surface area contributed by atoms with E-state index in [1.807, 2.05) is 18.7 Å². The van der Waals surface area contributed by atoms with Crippen molar-refractivity contribution in [3.63, 3.8) is 0 Å². The van der Waals surface area contributed by atoms with Crippen LogP contribution in [-0.4, -0.2) is 17.6 Å². The van der Waals surface area contributed by atoms with Gasteiger partial charge in [-0.1, -0.05) is 12.1 Å². The molecule has 0 saturated carbocycles. The quantitative estimate of drug-likeness (QED) is 0.915. The lowest BCUT2D eigenvalue weighted by Gasteiger charge is -2.25. The molecule has 0 saturated heterocycles. The minimum Gasteiger partial charge on any atom is -0.478 e. The predicted octanol–water partition coefficient (Wildman–Crippen LogP) is 3.99. The van der Waals surface area contributed by atoms with Gasteiger partial charge in [0, 0.05) is 12.2 Å². The summed E-state index contributed by atoms with van der Waals surface area (Å²) in [6.07, 6.45) is 0. The molecule has 4 heteroatoms. The van der Waals surface area contributed by atoms with E-state index in [1.54, 1.807) is 30.3 Å². The molecule has 2 aromatic carbocycles. The zero-order valence-corrected chi connectivity index (χ0v) is 11.4. The second kappa shape index (κ2) is 5.74. The van der Waals surface area contributed by atoms with Crippen LogP contribution in [0.5, 0.6) is 0 Å². The summed E-state index contributed by atoms with van der Waals surface area (Å²) >= 11 is 0. The number of carbonyl (C=O) groups is 1. The largest absolute Gasteiger partial charge is 0.478 e. The fourth-order valence-electron chi connectivity index (χ4n) is 2.23. The summed E-state index contributed by atoms with van der Waals surface area (Å²) in [6, 6.07) is 11.4. The summed E-state index contributed by atoms with van der Waals surface area (Å²) < 4.78 is 13.9. The Morgan fingerprint density at radius 1 is 1.20 bits per heavy atom. The number of benzene rings is 2. The lowest BCUT2D eigenvalue weighted by molar-refractivity contribution is 0.0697. The third kappa shape index (κ3) is 2.64. The van der Waals surface area contributed by atoms with Crippen LogP contribution in [-0.2, 0) is 0 Å². The van der Waals surface area contributed by atoms with E-state index in [2.05, 4.69) is 0 Å². The molecule has 1 N–H and O–H groups in total. The number of carboxylic acid groups (broad SMARTS) is 1. The van der Waals surface area contributed by atoms with Gasteiger partial charge in [-0.15, -0.1) is 0 Å². The van der Waals surface area contributed by atoms with Gasteiger partial charge >= 0.3 is 5.97 Å². The van der Waals surface area contributed by atoms with Crippen LogP contribution in [0.3, 0.4) is 0 Å². The number of anilines is 2. The molecular weight excluding hydrogens is 257 g/mol. The third-order valence-corrected chi connectivity index (χ3v) is 3.19. The smallest absolute Gasteiger partial charge is 0.335 e. The first-order valence-electron chi connectivity index (χ1n) is 6.40. The highest BCUT2D eigenvalue weighted by Crippen LogP contribution is 2.30. The van der Waals surface area contributed by atoms with Gasteiger partial charge in [0.05, 0.1) is 11.3 Å². The third-order valence-electron chi connectivity index (χ3n) is 3.19. The highest BCUT2D eigenvalue weighted by Gasteiger charge is 2.14. The second-order valence-corrected chi connectivity index (χ2v) is 4.50. The monoisotopic (exact) mass is 273 g/mol. The van der Waals surface area contributed by atoms with Gasteiger partial charge in [-0.05, 0) is 49.7 Å². The Bertz CT molecular complexity index is 640. The molecule has 20 heavy (non-hydrogen) atoms. The molecular formula is C16H16FNO2. The highest BCUT2D eigenvalue weighted by molar-refractivity contribution is 5.88. The van der Waals surface area contributed by atoms with E-state index >= 15 is 0 Å². The Morgan fingerprint density at radius 2 is 1.90 bits per heavy atom. The van der Waals surface area contributed by atoms with E-state index < -0.39 is 5.97 Å². The van der Waals surface area contributed by atoms with Crippen LogP contribution in [0.2, 0.25) is 0 Å². The van der Waals surface area contributed by atoms with Crippen molar-refractivity contribution < 1.29 is 14.3 Å². The number of carboxylic acids is 1. The fourth-order valence-corrected chi connectivity index (χ4v) is 2.23. The molecule has 0 aliphatic rings. The molecule has 0 aromatic heterocycles. The first-order chi connectivity index (χ1) is 9.54. The van der Waals surface area contributed by atoms with Crippen LogP contribution in [0, 0.1) is 12.7 Å². The number of hydrogen-bond donors (Lipinski definition) is 1. The van der Waals surface area contributed by atoms with Gasteiger partial charge in [0.2, 0.25) is 0 Å². The van der Waals surface area contributed by atoms with E-state index in [1.165, 1.54) is 12.1 Å². The van der Waals surface area contributed by atoms with Crippen molar-refractivity contribution in [1.29, 1.82) is 0 Å². The molecule has 3 nitrogen and oxygen atoms in total. The molecule has 0 aliphatic heterocycles. The van der Waals surface area contributed by atoms with Crippen molar-refractivity contribution in [3.05, 3.63) is 59.4 Å². The van der Waals surface area contributed by atoms with Gasteiger partial charge in [-0.2, -0.15) is 0 Å². The summed E-state index contributed by atoms with van der Waals surface area (Å²) in [7, 11) is 0. The maximum atomic E-state index is 13.9. The average Bonchev–Trinajstić information content (AvgIpc) is 2.43. The van der Waals surface area contributed by atoms with Crippen LogP contribution in [0.4, 0.5) is 15.8 Å². The van der Waals surface area contributed by atoms with E-state index in [0.717, 1.165) is 11.3 Å². The lowest BCUT2D eigenvalue weighted by Crippen LogP contribution is -2.18. The maximum absolute atomic E-state index is 13.9. The number of hydrogen-bond acceptors (Lipinski definition) is 2. The normalized spacial score (nSPS) is 10.3. The molecule has 0 atom stereocenters. The summed E-state index contributed by atoms with van der Waals surface area (Å²) in [5.74, 6) is -1.26. The minimum atomic E-state index is -0.964. The second-order valence-electron chi connectivity index (χ2n) is 4.50. The zero-order chi connectivity index (χ0) is 14.7. The van der Waals surface area contributed by atoms with Crippen LogP contribution in [0.25, 0.3) is 0 Å². The zero-order valence-electron chi connectivity index (χ0n) is 11.4. The summed E-state index contributed by atoms with van der Waals surface area (Å²) in [4.78, 5) is 12.8. The maximum Gasteiger partial charge on any atom is 0.335 e. The summed E-state index contributed by atoms with van der Waals surface area (Å²) in [5.41, 5.74) is 2.33. The van der Waals surface area contributed by atoms with E-state index in [4.69, 9.17) is 5.11 Å². The van der Waals surface area contributed by atoms with Crippen molar-refractivity contribution in [3.8, 4) is 0 Å². The van der Waals surface area contributed by atoms with Crippen LogP contribution in [0.1, 0.15) is 22.8 Å². The molecule has 0 aliphatic carbocycles. The molecule has 0 bridgehead atoms. The van der Waals surface area contributed by atoms with Crippen molar-refractivity contribution in [2.75, 3.05) is 11.4 Å². The van der Waals surface area contributed by atoms with E-state index in [9.17, 15) is 9.18 Å². The highest BCUT2D eigenvalue weighted by atomic mass is 19.1. The number of aryl methyl sites for hydroxylation is 1. The average molecular weight is 273 g/mol. The molecule has 2 aromatic rings. The number of halogens is 1. The van der Waals surface area contributed by atoms with Crippen LogP contribution < -0.4 is 4.90 Å². The van der Waals surface area contributed by atoms with Gasteiger partial charge in [-0.3, -0.25) is 0 Å². The molecule has 0 amide bonds. The molecule has 0 spiro atoms. The lowest BCUT2D eigenvalue weighted by atomic mass is 10.1. The number of aromatic carboxylic acids is 1. The Morgan fingerprint density at radius 3 is 2.45 bits per heavy atom. The molecule has 0 fully saturated rings. The number of rotatable bonds is 4. The minimum absolute atomic E-state index is 0.232. The van der Waals surface area contributed by atoms with E-state index in [-0.39, 0.29) is 11.4 Å². The van der Waals surface area contributed by atoms with E-state index in [0.29, 0.717) is 12.2 Å².